The first kappa shape index (κ1) is 20.9. The van der Waals surface area contributed by atoms with Crippen molar-refractivity contribution in [3.63, 3.8) is 0 Å². The molecule has 0 saturated carbocycles. The molecule has 4 heterocycles. The summed E-state index contributed by atoms with van der Waals surface area (Å²) in [6.45, 7) is 7.94. The van der Waals surface area contributed by atoms with E-state index in [1.165, 1.54) is 37.1 Å². The standard InChI is InChI=1S/C26H31N5O/c1-18-14-22(30-13-9-23(17-30)31-12-3-4-19(31)2)6-5-21(18)15-26(32)25-16-24(28-29-25)20-7-10-27-11-8-20/h5-8,10-11,14,16,19,23H,3-4,9,12-13,15,17H2,1-2H3,(H,28,29). The number of carbonyl (C=O) groups excluding carboxylic acids is 1. The fourth-order valence-electron chi connectivity index (χ4n) is 5.22. The van der Waals surface area contributed by atoms with Crippen LogP contribution in [0, 0.1) is 6.92 Å². The topological polar surface area (TPSA) is 65.1 Å². The SMILES string of the molecule is Cc1cc(N2CCC(N3CCCC3C)C2)ccc1CC(=O)c1cc(-c2ccncc2)n[nH]1. The highest BCUT2D eigenvalue weighted by Gasteiger charge is 2.33. The second-order valence-electron chi connectivity index (χ2n) is 9.23. The Labute approximate surface area is 189 Å². The molecule has 6 nitrogen and oxygen atoms in total. The molecule has 2 atom stereocenters. The Morgan fingerprint density at radius 3 is 2.72 bits per heavy atom. The van der Waals surface area contributed by atoms with E-state index >= 15 is 0 Å². The lowest BCUT2D eigenvalue weighted by Gasteiger charge is -2.28. The predicted molar refractivity (Wildman–Crippen MR) is 127 cm³/mol. The van der Waals surface area contributed by atoms with E-state index in [0.717, 1.165) is 36.0 Å². The van der Waals surface area contributed by atoms with Crippen LogP contribution < -0.4 is 4.90 Å². The Morgan fingerprint density at radius 2 is 1.97 bits per heavy atom. The van der Waals surface area contributed by atoms with Crippen LogP contribution in [-0.4, -0.2) is 57.6 Å². The molecule has 0 aliphatic carbocycles. The number of hydrogen-bond acceptors (Lipinski definition) is 5. The van der Waals surface area contributed by atoms with Crippen LogP contribution in [0.3, 0.4) is 0 Å². The van der Waals surface area contributed by atoms with Crippen molar-refractivity contribution < 1.29 is 4.79 Å². The van der Waals surface area contributed by atoms with Crippen molar-refractivity contribution in [3.8, 4) is 11.3 Å². The highest BCUT2D eigenvalue weighted by molar-refractivity contribution is 5.96. The predicted octanol–water partition coefficient (Wildman–Crippen LogP) is 4.27. The van der Waals surface area contributed by atoms with Gasteiger partial charge in [-0.3, -0.25) is 19.8 Å². The average Bonchev–Trinajstić information content (AvgIpc) is 3.56. The van der Waals surface area contributed by atoms with Gasteiger partial charge in [0.2, 0.25) is 0 Å². The van der Waals surface area contributed by atoms with Crippen molar-refractivity contribution in [2.24, 2.45) is 0 Å². The van der Waals surface area contributed by atoms with Crippen LogP contribution in [0.5, 0.6) is 0 Å². The van der Waals surface area contributed by atoms with Crippen LogP contribution in [-0.2, 0) is 6.42 Å². The van der Waals surface area contributed by atoms with Crippen molar-refractivity contribution in [3.05, 3.63) is 65.6 Å². The minimum absolute atomic E-state index is 0.0536. The number of aromatic amines is 1. The van der Waals surface area contributed by atoms with Gasteiger partial charge in [-0.05, 0) is 81.1 Å². The summed E-state index contributed by atoms with van der Waals surface area (Å²) in [5.74, 6) is 0.0536. The highest BCUT2D eigenvalue weighted by Crippen LogP contribution is 2.29. The maximum atomic E-state index is 12.9. The molecule has 2 unspecified atom stereocenters. The largest absolute Gasteiger partial charge is 0.370 e. The first-order valence-electron chi connectivity index (χ1n) is 11.7. The van der Waals surface area contributed by atoms with Gasteiger partial charge in [0.25, 0.3) is 0 Å². The van der Waals surface area contributed by atoms with Gasteiger partial charge in [0.1, 0.15) is 5.69 Å². The molecule has 2 aliphatic heterocycles. The summed E-state index contributed by atoms with van der Waals surface area (Å²) in [7, 11) is 0. The third kappa shape index (κ3) is 4.19. The van der Waals surface area contributed by atoms with Crippen LogP contribution in [0.15, 0.2) is 48.8 Å². The lowest BCUT2D eigenvalue weighted by atomic mass is 10.0. The van der Waals surface area contributed by atoms with Gasteiger partial charge < -0.3 is 4.90 Å². The van der Waals surface area contributed by atoms with E-state index in [1.54, 1.807) is 12.4 Å². The minimum Gasteiger partial charge on any atom is -0.370 e. The second kappa shape index (κ2) is 8.87. The maximum absolute atomic E-state index is 12.9. The van der Waals surface area contributed by atoms with Gasteiger partial charge in [0.15, 0.2) is 5.78 Å². The Hall–Kier alpha value is -2.99. The molecule has 1 aromatic carbocycles. The second-order valence-corrected chi connectivity index (χ2v) is 9.23. The molecular formula is C26H31N5O. The number of hydrogen-bond donors (Lipinski definition) is 1. The van der Waals surface area contributed by atoms with Crippen molar-refractivity contribution in [2.75, 3.05) is 24.5 Å². The van der Waals surface area contributed by atoms with Crippen molar-refractivity contribution in [1.82, 2.24) is 20.1 Å². The van der Waals surface area contributed by atoms with Crippen molar-refractivity contribution >= 4 is 11.5 Å². The fourth-order valence-corrected chi connectivity index (χ4v) is 5.22. The fraction of sp³-hybridized carbons (Fsp3) is 0.423. The molecule has 0 amide bonds. The monoisotopic (exact) mass is 429 g/mol. The Morgan fingerprint density at radius 1 is 1.12 bits per heavy atom. The third-order valence-electron chi connectivity index (χ3n) is 7.13. The number of Topliss-reactive ketones (excluding diaryl/α,β-unsaturated/α-hetero) is 1. The van der Waals surface area contributed by atoms with Crippen molar-refractivity contribution in [1.29, 1.82) is 0 Å². The summed E-state index contributed by atoms with van der Waals surface area (Å²) >= 11 is 0. The summed E-state index contributed by atoms with van der Waals surface area (Å²) in [6.07, 6.45) is 7.73. The number of aromatic nitrogens is 3. The minimum atomic E-state index is 0.0536. The van der Waals surface area contributed by atoms with Crippen LogP contribution in [0.25, 0.3) is 11.3 Å². The van der Waals surface area contributed by atoms with Gasteiger partial charge in [0.05, 0.1) is 5.69 Å². The Bertz CT molecular complexity index is 1090. The molecule has 6 heteroatoms. The average molecular weight is 430 g/mol. The molecule has 32 heavy (non-hydrogen) atoms. The Balaban J connectivity index is 1.24. The Kier molecular flexibility index (Phi) is 5.79. The van der Waals surface area contributed by atoms with E-state index in [0.29, 0.717) is 18.2 Å². The molecular weight excluding hydrogens is 398 g/mol. The maximum Gasteiger partial charge on any atom is 0.184 e. The molecule has 0 spiro atoms. The van der Waals surface area contributed by atoms with E-state index in [2.05, 4.69) is 57.0 Å². The van der Waals surface area contributed by atoms with Crippen LogP contribution in [0.2, 0.25) is 0 Å². The number of likely N-dealkylation sites (tertiary alicyclic amines) is 1. The lowest BCUT2D eigenvalue weighted by Crippen LogP contribution is -2.39. The van der Waals surface area contributed by atoms with Gasteiger partial charge in [-0.1, -0.05) is 6.07 Å². The summed E-state index contributed by atoms with van der Waals surface area (Å²) in [5.41, 5.74) is 5.77. The number of rotatable bonds is 6. The van der Waals surface area contributed by atoms with E-state index in [4.69, 9.17) is 0 Å². The number of ketones is 1. The number of aryl methyl sites for hydroxylation is 1. The van der Waals surface area contributed by atoms with Crippen molar-refractivity contribution in [2.45, 2.75) is 51.6 Å². The number of benzene rings is 1. The molecule has 0 radical (unpaired) electrons. The highest BCUT2D eigenvalue weighted by atomic mass is 16.1. The molecule has 5 rings (SSSR count). The van der Waals surface area contributed by atoms with Crippen LogP contribution in [0.1, 0.15) is 47.8 Å². The van der Waals surface area contributed by atoms with Gasteiger partial charge in [-0.15, -0.1) is 0 Å². The zero-order valence-corrected chi connectivity index (χ0v) is 18.9. The van der Waals surface area contributed by atoms with Crippen LogP contribution in [0.4, 0.5) is 5.69 Å². The van der Waals surface area contributed by atoms with E-state index in [-0.39, 0.29) is 5.78 Å². The summed E-state index contributed by atoms with van der Waals surface area (Å²) in [4.78, 5) is 22.1. The molecule has 3 aromatic rings. The smallest absolute Gasteiger partial charge is 0.184 e. The van der Waals surface area contributed by atoms with Crippen LogP contribution >= 0.6 is 0 Å². The zero-order chi connectivity index (χ0) is 22.1. The van der Waals surface area contributed by atoms with Gasteiger partial charge in [0, 0.05) is 55.2 Å². The lowest BCUT2D eigenvalue weighted by molar-refractivity contribution is 0.0988. The molecule has 0 bridgehead atoms. The number of anilines is 1. The summed E-state index contributed by atoms with van der Waals surface area (Å²) in [5, 5.41) is 7.20. The zero-order valence-electron chi connectivity index (χ0n) is 18.9. The van der Waals surface area contributed by atoms with E-state index in [1.807, 2.05) is 18.2 Å². The molecule has 2 saturated heterocycles. The van der Waals surface area contributed by atoms with Gasteiger partial charge in [-0.25, -0.2) is 0 Å². The number of nitrogens with zero attached hydrogens (tertiary/aromatic N) is 4. The first-order chi connectivity index (χ1) is 15.6. The van der Waals surface area contributed by atoms with Gasteiger partial charge in [-0.2, -0.15) is 5.10 Å². The van der Waals surface area contributed by atoms with E-state index in [9.17, 15) is 4.79 Å². The molecule has 2 aliphatic rings. The number of pyridine rings is 1. The third-order valence-corrected chi connectivity index (χ3v) is 7.13. The summed E-state index contributed by atoms with van der Waals surface area (Å²) < 4.78 is 0. The first-order valence-corrected chi connectivity index (χ1v) is 11.7. The quantitative estimate of drug-likeness (QED) is 0.593. The number of nitrogens with one attached hydrogen (secondary N) is 1. The molecule has 2 aromatic heterocycles. The molecule has 1 N–H and O–H groups in total. The molecule has 166 valence electrons. The number of carbonyl (C=O) groups is 1. The normalized spacial score (nSPS) is 21.4. The van der Waals surface area contributed by atoms with Gasteiger partial charge >= 0.3 is 0 Å². The molecule has 2 fully saturated rings. The number of H-pyrrole nitrogens is 1. The summed E-state index contributed by atoms with van der Waals surface area (Å²) in [6, 6.07) is 13.5. The van der Waals surface area contributed by atoms with E-state index < -0.39 is 0 Å².